The molecule has 0 saturated heterocycles. The number of amides is 1. The van der Waals surface area contributed by atoms with Crippen LogP contribution in [0.4, 0.5) is 0 Å². The Morgan fingerprint density at radius 2 is 1.46 bits per heavy atom. The van der Waals surface area contributed by atoms with E-state index in [-0.39, 0.29) is 12.5 Å². The van der Waals surface area contributed by atoms with Gasteiger partial charge in [-0.05, 0) is 12.8 Å². The van der Waals surface area contributed by atoms with Crippen LogP contribution in [0, 0.1) is 0 Å². The molecule has 1 unspecified atom stereocenters. The molecular weight excluding hydrogens is 302 g/mol. The Balaban J connectivity index is 3.47. The first-order valence-electron chi connectivity index (χ1n) is 9.84. The third kappa shape index (κ3) is 14.7. The van der Waals surface area contributed by atoms with Crippen molar-refractivity contribution in [3.05, 3.63) is 12.2 Å². The Morgan fingerprint density at radius 1 is 0.958 bits per heavy atom. The second kappa shape index (κ2) is 17.0. The van der Waals surface area contributed by atoms with E-state index in [9.17, 15) is 9.90 Å². The number of carbonyl (C=O) groups is 1. The van der Waals surface area contributed by atoms with Crippen LogP contribution >= 0.6 is 0 Å². The maximum atomic E-state index is 10.9. The number of unbranched alkanes of at least 4 members (excludes halogenated alkanes) is 11. The van der Waals surface area contributed by atoms with E-state index in [1.165, 1.54) is 71.1 Å². The van der Waals surface area contributed by atoms with Gasteiger partial charge in [-0.2, -0.15) is 0 Å². The summed E-state index contributed by atoms with van der Waals surface area (Å²) in [4.78, 5) is 10.9. The second-order valence-corrected chi connectivity index (χ2v) is 6.73. The Hall–Kier alpha value is -0.870. The van der Waals surface area contributed by atoms with Crippen LogP contribution in [0.2, 0.25) is 0 Å². The SMILES string of the molecule is CCCCCCCCCCCCC/C=C/C(O)[C@H](CO)NC(C)=O. The van der Waals surface area contributed by atoms with Gasteiger partial charge in [0.1, 0.15) is 0 Å². The summed E-state index contributed by atoms with van der Waals surface area (Å²) in [5.41, 5.74) is 0. The highest BCUT2D eigenvalue weighted by molar-refractivity contribution is 5.73. The lowest BCUT2D eigenvalue weighted by atomic mass is 10.0. The molecule has 0 saturated carbocycles. The van der Waals surface area contributed by atoms with Crippen molar-refractivity contribution in [3.63, 3.8) is 0 Å². The molecule has 3 N–H and O–H groups in total. The van der Waals surface area contributed by atoms with Crippen LogP contribution in [-0.2, 0) is 4.79 Å². The molecule has 0 aliphatic carbocycles. The van der Waals surface area contributed by atoms with Crippen molar-refractivity contribution in [1.29, 1.82) is 0 Å². The number of hydrogen-bond donors (Lipinski definition) is 3. The maximum absolute atomic E-state index is 10.9. The largest absolute Gasteiger partial charge is 0.394 e. The molecule has 0 aromatic heterocycles. The van der Waals surface area contributed by atoms with E-state index in [2.05, 4.69) is 12.2 Å². The van der Waals surface area contributed by atoms with E-state index in [1.54, 1.807) is 6.08 Å². The first-order chi connectivity index (χ1) is 11.6. The maximum Gasteiger partial charge on any atom is 0.217 e. The van der Waals surface area contributed by atoms with Gasteiger partial charge >= 0.3 is 0 Å². The molecule has 2 atom stereocenters. The molecule has 0 aliphatic heterocycles. The number of carbonyl (C=O) groups excluding carboxylic acids is 1. The van der Waals surface area contributed by atoms with Gasteiger partial charge in [0.05, 0.1) is 18.8 Å². The van der Waals surface area contributed by atoms with Crippen LogP contribution in [0.1, 0.15) is 90.9 Å². The van der Waals surface area contributed by atoms with Crippen LogP contribution in [-0.4, -0.2) is 34.9 Å². The number of aliphatic hydroxyl groups is 2. The van der Waals surface area contributed by atoms with E-state index in [1.807, 2.05) is 6.08 Å². The topological polar surface area (TPSA) is 69.6 Å². The summed E-state index contributed by atoms with van der Waals surface area (Å²) in [6.07, 6.45) is 18.3. The van der Waals surface area contributed by atoms with Gasteiger partial charge < -0.3 is 15.5 Å². The molecule has 1 amide bonds. The molecule has 0 aliphatic rings. The molecule has 0 fully saturated rings. The normalized spacial score (nSPS) is 14.0. The van der Waals surface area contributed by atoms with E-state index < -0.39 is 12.1 Å². The van der Waals surface area contributed by atoms with Crippen molar-refractivity contribution in [1.82, 2.24) is 5.32 Å². The van der Waals surface area contributed by atoms with Crippen molar-refractivity contribution in [2.24, 2.45) is 0 Å². The third-order valence-electron chi connectivity index (χ3n) is 4.31. The molecule has 0 heterocycles. The molecule has 0 spiro atoms. The van der Waals surface area contributed by atoms with Crippen molar-refractivity contribution in [3.8, 4) is 0 Å². The standard InChI is InChI=1S/C20H39NO3/c1-3-4-5-6-7-8-9-10-11-12-13-14-15-16-20(24)19(17-22)21-18(2)23/h15-16,19-20,22,24H,3-14,17H2,1-2H3,(H,21,23)/b16-15+/t19-,20?/m0/s1. The molecule has 4 heteroatoms. The zero-order chi connectivity index (χ0) is 18.0. The zero-order valence-electron chi connectivity index (χ0n) is 15.8. The van der Waals surface area contributed by atoms with Crippen molar-refractivity contribution in [2.45, 2.75) is 103 Å². The highest BCUT2D eigenvalue weighted by Gasteiger charge is 2.15. The van der Waals surface area contributed by atoms with Crippen molar-refractivity contribution in [2.75, 3.05) is 6.61 Å². The van der Waals surface area contributed by atoms with Gasteiger partial charge in [0.2, 0.25) is 5.91 Å². The van der Waals surface area contributed by atoms with Gasteiger partial charge in [0, 0.05) is 6.92 Å². The van der Waals surface area contributed by atoms with E-state index in [0.29, 0.717) is 0 Å². The number of allylic oxidation sites excluding steroid dienone is 1. The van der Waals surface area contributed by atoms with Gasteiger partial charge in [-0.15, -0.1) is 0 Å². The van der Waals surface area contributed by atoms with Crippen LogP contribution in [0.5, 0.6) is 0 Å². The van der Waals surface area contributed by atoms with Gasteiger partial charge in [0.25, 0.3) is 0 Å². The van der Waals surface area contributed by atoms with Crippen LogP contribution in [0.15, 0.2) is 12.2 Å². The van der Waals surface area contributed by atoms with E-state index in [4.69, 9.17) is 5.11 Å². The lowest BCUT2D eigenvalue weighted by molar-refractivity contribution is -0.120. The Labute approximate surface area is 148 Å². The number of rotatable bonds is 16. The second-order valence-electron chi connectivity index (χ2n) is 6.73. The molecular formula is C20H39NO3. The smallest absolute Gasteiger partial charge is 0.217 e. The molecule has 0 rings (SSSR count). The summed E-state index contributed by atoms with van der Waals surface area (Å²) in [6, 6.07) is -0.615. The lowest BCUT2D eigenvalue weighted by Gasteiger charge is -2.18. The van der Waals surface area contributed by atoms with Crippen LogP contribution in [0.25, 0.3) is 0 Å². The van der Waals surface area contributed by atoms with Crippen LogP contribution < -0.4 is 5.32 Å². The minimum Gasteiger partial charge on any atom is -0.394 e. The fraction of sp³-hybridized carbons (Fsp3) is 0.850. The van der Waals surface area contributed by atoms with E-state index >= 15 is 0 Å². The van der Waals surface area contributed by atoms with Gasteiger partial charge in [-0.3, -0.25) is 4.79 Å². The van der Waals surface area contributed by atoms with E-state index in [0.717, 1.165) is 12.8 Å². The average Bonchev–Trinajstić information content (AvgIpc) is 2.56. The predicted octanol–water partition coefficient (Wildman–Crippen LogP) is 4.10. The minimum atomic E-state index is -0.827. The average molecular weight is 342 g/mol. The summed E-state index contributed by atoms with van der Waals surface area (Å²) < 4.78 is 0. The molecule has 4 nitrogen and oxygen atoms in total. The molecule has 24 heavy (non-hydrogen) atoms. The van der Waals surface area contributed by atoms with Gasteiger partial charge in [-0.25, -0.2) is 0 Å². The molecule has 0 aromatic carbocycles. The summed E-state index contributed by atoms with van der Waals surface area (Å²) in [5, 5.41) is 21.5. The first kappa shape index (κ1) is 23.1. The Bertz CT molecular complexity index is 318. The number of nitrogens with one attached hydrogen (secondary N) is 1. The summed E-state index contributed by atoms with van der Waals surface area (Å²) in [7, 11) is 0. The highest BCUT2D eigenvalue weighted by atomic mass is 16.3. The number of hydrogen-bond acceptors (Lipinski definition) is 3. The molecule has 142 valence electrons. The van der Waals surface area contributed by atoms with Gasteiger partial charge in [0.15, 0.2) is 0 Å². The molecule has 0 bridgehead atoms. The number of aliphatic hydroxyl groups excluding tert-OH is 2. The minimum absolute atomic E-state index is 0.244. The zero-order valence-corrected chi connectivity index (χ0v) is 15.8. The summed E-state index contributed by atoms with van der Waals surface area (Å²) in [5.74, 6) is -0.244. The Morgan fingerprint density at radius 3 is 1.92 bits per heavy atom. The fourth-order valence-corrected chi connectivity index (χ4v) is 2.80. The predicted molar refractivity (Wildman–Crippen MR) is 101 cm³/mol. The quantitative estimate of drug-likeness (QED) is 0.292. The van der Waals surface area contributed by atoms with Crippen molar-refractivity contribution < 1.29 is 15.0 Å². The van der Waals surface area contributed by atoms with Gasteiger partial charge in [-0.1, -0.05) is 83.3 Å². The monoisotopic (exact) mass is 341 g/mol. The van der Waals surface area contributed by atoms with Crippen LogP contribution in [0.3, 0.4) is 0 Å². The third-order valence-corrected chi connectivity index (χ3v) is 4.31. The lowest BCUT2D eigenvalue weighted by Crippen LogP contribution is -2.44. The fourth-order valence-electron chi connectivity index (χ4n) is 2.80. The summed E-state index contributed by atoms with van der Waals surface area (Å²) in [6.45, 7) is 3.37. The molecule has 0 aromatic rings. The highest BCUT2D eigenvalue weighted by Crippen LogP contribution is 2.12. The summed E-state index contributed by atoms with van der Waals surface area (Å²) >= 11 is 0. The Kier molecular flexibility index (Phi) is 16.4. The first-order valence-corrected chi connectivity index (χ1v) is 9.84. The molecule has 0 radical (unpaired) electrons. The van der Waals surface area contributed by atoms with Crippen molar-refractivity contribution >= 4 is 5.91 Å².